The Balaban J connectivity index is 1.48. The highest BCUT2D eigenvalue weighted by Crippen LogP contribution is 2.36. The number of benzene rings is 2. The molecule has 2 amide bonds. The number of ether oxygens (including phenoxy) is 2. The number of nitrogens with one attached hydrogen (secondary N) is 1. The van der Waals surface area contributed by atoms with Crippen LogP contribution >= 0.6 is 0 Å². The van der Waals surface area contributed by atoms with Crippen LogP contribution in [0.25, 0.3) is 0 Å². The van der Waals surface area contributed by atoms with E-state index in [1.165, 1.54) is 0 Å². The standard InChI is InChI=1S/C22H24N2O4/c1-14(2)17-5-3-4-6-18(17)23-22(26)15-11-21(25)24(13-15)16-7-8-19-20(12-16)28-10-9-27-19/h3-8,12,14-15H,9-11,13H2,1-2H3,(H,23,26). The predicted octanol–water partition coefficient (Wildman–Crippen LogP) is 3.57. The van der Waals surface area contributed by atoms with E-state index in [9.17, 15) is 9.59 Å². The van der Waals surface area contributed by atoms with Gasteiger partial charge in [0.05, 0.1) is 5.92 Å². The van der Waals surface area contributed by atoms with Gasteiger partial charge in [0, 0.05) is 30.4 Å². The van der Waals surface area contributed by atoms with Crippen molar-refractivity contribution in [3.8, 4) is 11.5 Å². The first-order valence-corrected chi connectivity index (χ1v) is 9.62. The zero-order valence-corrected chi connectivity index (χ0v) is 16.1. The molecule has 2 aromatic carbocycles. The van der Waals surface area contributed by atoms with E-state index in [1.54, 1.807) is 11.0 Å². The number of carbonyl (C=O) groups excluding carboxylic acids is 2. The molecule has 1 unspecified atom stereocenters. The van der Waals surface area contributed by atoms with Crippen molar-refractivity contribution >= 4 is 23.2 Å². The lowest BCUT2D eigenvalue weighted by molar-refractivity contribution is -0.122. The predicted molar refractivity (Wildman–Crippen MR) is 107 cm³/mol. The molecule has 6 nitrogen and oxygen atoms in total. The molecule has 2 aliphatic rings. The number of fused-ring (bicyclic) bond motifs is 1. The van der Waals surface area contributed by atoms with Crippen LogP contribution in [0.15, 0.2) is 42.5 Å². The van der Waals surface area contributed by atoms with Crippen LogP contribution < -0.4 is 19.7 Å². The zero-order chi connectivity index (χ0) is 19.7. The van der Waals surface area contributed by atoms with Crippen molar-refractivity contribution in [1.82, 2.24) is 0 Å². The van der Waals surface area contributed by atoms with E-state index in [1.807, 2.05) is 36.4 Å². The van der Waals surface area contributed by atoms with E-state index in [0.29, 0.717) is 37.2 Å². The van der Waals surface area contributed by atoms with E-state index in [-0.39, 0.29) is 24.2 Å². The second-order valence-corrected chi connectivity index (χ2v) is 7.46. The van der Waals surface area contributed by atoms with Crippen molar-refractivity contribution in [2.24, 2.45) is 5.92 Å². The normalized spacial score (nSPS) is 18.5. The quantitative estimate of drug-likeness (QED) is 0.880. The Kier molecular flexibility index (Phi) is 4.94. The molecule has 1 N–H and O–H groups in total. The number of hydrogen-bond acceptors (Lipinski definition) is 4. The maximum atomic E-state index is 12.8. The van der Waals surface area contributed by atoms with Gasteiger partial charge in [0.15, 0.2) is 11.5 Å². The second kappa shape index (κ2) is 7.54. The summed E-state index contributed by atoms with van der Waals surface area (Å²) in [7, 11) is 0. The van der Waals surface area contributed by atoms with Crippen LogP contribution in [0.3, 0.4) is 0 Å². The van der Waals surface area contributed by atoms with Crippen molar-refractivity contribution in [2.75, 3.05) is 30.0 Å². The average molecular weight is 380 g/mol. The fraction of sp³-hybridized carbons (Fsp3) is 0.364. The lowest BCUT2D eigenvalue weighted by atomic mass is 10.0. The third-order valence-electron chi connectivity index (χ3n) is 5.17. The zero-order valence-electron chi connectivity index (χ0n) is 16.1. The second-order valence-electron chi connectivity index (χ2n) is 7.46. The number of rotatable bonds is 4. The molecule has 0 radical (unpaired) electrons. The molecular formula is C22H24N2O4. The summed E-state index contributed by atoms with van der Waals surface area (Å²) in [6.07, 6.45) is 0.199. The molecule has 0 spiro atoms. The van der Waals surface area contributed by atoms with Gasteiger partial charge in [-0.1, -0.05) is 32.0 Å². The molecule has 146 valence electrons. The topological polar surface area (TPSA) is 67.9 Å². The van der Waals surface area contributed by atoms with Crippen LogP contribution in [0.2, 0.25) is 0 Å². The third kappa shape index (κ3) is 3.54. The summed E-state index contributed by atoms with van der Waals surface area (Å²) >= 11 is 0. The molecule has 6 heteroatoms. The van der Waals surface area contributed by atoms with Crippen LogP contribution in [0.5, 0.6) is 11.5 Å². The Hall–Kier alpha value is -3.02. The minimum Gasteiger partial charge on any atom is -0.486 e. The first-order chi connectivity index (χ1) is 13.5. The fourth-order valence-electron chi connectivity index (χ4n) is 3.68. The summed E-state index contributed by atoms with van der Waals surface area (Å²) < 4.78 is 11.1. The van der Waals surface area contributed by atoms with Gasteiger partial charge >= 0.3 is 0 Å². The monoisotopic (exact) mass is 380 g/mol. The fourth-order valence-corrected chi connectivity index (χ4v) is 3.68. The molecule has 0 bridgehead atoms. The maximum Gasteiger partial charge on any atom is 0.229 e. The van der Waals surface area contributed by atoms with Gasteiger partial charge < -0.3 is 19.7 Å². The van der Waals surface area contributed by atoms with Gasteiger partial charge in [-0.2, -0.15) is 0 Å². The minimum atomic E-state index is -0.388. The summed E-state index contributed by atoms with van der Waals surface area (Å²) in [5, 5.41) is 3.01. The Bertz CT molecular complexity index is 909. The van der Waals surface area contributed by atoms with Crippen LogP contribution in [-0.4, -0.2) is 31.6 Å². The summed E-state index contributed by atoms with van der Waals surface area (Å²) in [6.45, 7) is 5.55. The molecule has 2 aliphatic heterocycles. The Labute approximate surface area is 164 Å². The van der Waals surface area contributed by atoms with Gasteiger partial charge in [-0.05, 0) is 29.7 Å². The van der Waals surface area contributed by atoms with E-state index in [2.05, 4.69) is 19.2 Å². The highest BCUT2D eigenvalue weighted by molar-refractivity contribution is 6.03. The molecule has 28 heavy (non-hydrogen) atoms. The van der Waals surface area contributed by atoms with Crippen LogP contribution in [-0.2, 0) is 9.59 Å². The molecule has 0 aliphatic carbocycles. The first kappa shape index (κ1) is 18.3. The van der Waals surface area contributed by atoms with Crippen molar-refractivity contribution in [3.63, 3.8) is 0 Å². The molecule has 2 heterocycles. The number of anilines is 2. The average Bonchev–Trinajstić information content (AvgIpc) is 3.09. The lowest BCUT2D eigenvalue weighted by Gasteiger charge is -2.22. The van der Waals surface area contributed by atoms with Crippen LogP contribution in [0.4, 0.5) is 11.4 Å². The van der Waals surface area contributed by atoms with E-state index < -0.39 is 0 Å². The molecule has 2 aromatic rings. The molecule has 1 atom stereocenters. The number of amides is 2. The van der Waals surface area contributed by atoms with Gasteiger partial charge in [0.2, 0.25) is 11.8 Å². The van der Waals surface area contributed by atoms with Crippen molar-refractivity contribution in [1.29, 1.82) is 0 Å². The number of hydrogen-bond donors (Lipinski definition) is 1. The van der Waals surface area contributed by atoms with Crippen LogP contribution in [0.1, 0.15) is 31.7 Å². The molecular weight excluding hydrogens is 356 g/mol. The Morgan fingerprint density at radius 3 is 2.64 bits per heavy atom. The molecule has 0 aromatic heterocycles. The third-order valence-corrected chi connectivity index (χ3v) is 5.17. The molecule has 4 rings (SSSR count). The highest BCUT2D eigenvalue weighted by Gasteiger charge is 2.35. The van der Waals surface area contributed by atoms with Crippen molar-refractivity contribution in [2.45, 2.75) is 26.2 Å². The van der Waals surface area contributed by atoms with Crippen LogP contribution in [0, 0.1) is 5.92 Å². The summed E-state index contributed by atoms with van der Waals surface area (Å²) in [4.78, 5) is 27.0. The molecule has 1 fully saturated rings. The minimum absolute atomic E-state index is 0.0611. The largest absolute Gasteiger partial charge is 0.486 e. The molecule has 1 saturated heterocycles. The van der Waals surface area contributed by atoms with E-state index in [4.69, 9.17) is 9.47 Å². The highest BCUT2D eigenvalue weighted by atomic mass is 16.6. The van der Waals surface area contributed by atoms with Gasteiger partial charge in [-0.3, -0.25) is 9.59 Å². The van der Waals surface area contributed by atoms with E-state index >= 15 is 0 Å². The Morgan fingerprint density at radius 1 is 1.11 bits per heavy atom. The summed E-state index contributed by atoms with van der Waals surface area (Å²) in [6, 6.07) is 13.2. The van der Waals surface area contributed by atoms with Gasteiger partial charge in [-0.25, -0.2) is 0 Å². The molecule has 0 saturated carbocycles. The van der Waals surface area contributed by atoms with Gasteiger partial charge in [0.25, 0.3) is 0 Å². The summed E-state index contributed by atoms with van der Waals surface area (Å²) in [5.41, 5.74) is 2.63. The number of carbonyl (C=O) groups is 2. The maximum absolute atomic E-state index is 12.8. The van der Waals surface area contributed by atoms with Crippen molar-refractivity contribution in [3.05, 3.63) is 48.0 Å². The number of nitrogens with zero attached hydrogens (tertiary/aromatic N) is 1. The van der Waals surface area contributed by atoms with Gasteiger partial charge in [-0.15, -0.1) is 0 Å². The smallest absolute Gasteiger partial charge is 0.229 e. The number of para-hydroxylation sites is 1. The Morgan fingerprint density at radius 2 is 1.86 bits per heavy atom. The van der Waals surface area contributed by atoms with Crippen molar-refractivity contribution < 1.29 is 19.1 Å². The first-order valence-electron chi connectivity index (χ1n) is 9.62. The van der Waals surface area contributed by atoms with E-state index in [0.717, 1.165) is 16.9 Å². The lowest BCUT2D eigenvalue weighted by Crippen LogP contribution is -2.28. The SMILES string of the molecule is CC(C)c1ccccc1NC(=O)C1CC(=O)N(c2ccc3c(c2)OCCO3)C1. The van der Waals surface area contributed by atoms with Gasteiger partial charge in [0.1, 0.15) is 13.2 Å². The summed E-state index contributed by atoms with van der Waals surface area (Å²) in [5.74, 6) is 1.05.